The third-order valence-electron chi connectivity index (χ3n) is 4.66. The van der Waals surface area contributed by atoms with Crippen LogP contribution in [0.3, 0.4) is 0 Å². The van der Waals surface area contributed by atoms with Crippen molar-refractivity contribution in [2.75, 3.05) is 14.2 Å². The molecule has 3 N–H and O–H groups in total. The number of phenolic OH excluding ortho intramolecular Hbond substituents is 1. The number of ether oxygens (including phenoxy) is 1. The summed E-state index contributed by atoms with van der Waals surface area (Å²) in [6.07, 6.45) is 6.29. The van der Waals surface area contributed by atoms with Crippen LogP contribution in [0.25, 0.3) is 0 Å². The molecule has 0 radical (unpaired) electrons. The topological polar surface area (TPSA) is 65.9 Å². The van der Waals surface area contributed by atoms with Gasteiger partial charge in [-0.1, -0.05) is 26.2 Å². The fourth-order valence-corrected chi connectivity index (χ4v) is 3.19. The number of aromatic hydroxyl groups is 1. The summed E-state index contributed by atoms with van der Waals surface area (Å²) in [5.41, 5.74) is 0.794. The Bertz CT molecular complexity index is 531. The number of rotatable bonds is 5. The summed E-state index contributed by atoms with van der Waals surface area (Å²) >= 11 is 0. The van der Waals surface area contributed by atoms with Crippen LogP contribution in [-0.4, -0.2) is 31.3 Å². The van der Waals surface area contributed by atoms with Crippen molar-refractivity contribution in [1.82, 2.24) is 10.6 Å². The van der Waals surface area contributed by atoms with Gasteiger partial charge in [-0.15, -0.1) is 0 Å². The van der Waals surface area contributed by atoms with E-state index in [1.54, 1.807) is 26.3 Å². The lowest BCUT2D eigenvalue weighted by Gasteiger charge is -2.30. The Morgan fingerprint density at radius 1 is 1.39 bits per heavy atom. The van der Waals surface area contributed by atoms with E-state index < -0.39 is 0 Å². The molecule has 23 heavy (non-hydrogen) atoms. The number of benzene rings is 1. The molecule has 0 amide bonds. The van der Waals surface area contributed by atoms with Crippen LogP contribution in [0, 0.1) is 5.92 Å². The Morgan fingerprint density at radius 2 is 2.22 bits per heavy atom. The first-order valence-electron chi connectivity index (χ1n) is 8.49. The zero-order valence-corrected chi connectivity index (χ0v) is 14.4. The van der Waals surface area contributed by atoms with Gasteiger partial charge in [-0.05, 0) is 37.0 Å². The Kier molecular flexibility index (Phi) is 6.56. The van der Waals surface area contributed by atoms with Gasteiger partial charge in [-0.3, -0.25) is 4.99 Å². The number of hydrogen-bond acceptors (Lipinski definition) is 3. The van der Waals surface area contributed by atoms with E-state index in [4.69, 9.17) is 4.74 Å². The number of guanidine groups is 1. The highest BCUT2D eigenvalue weighted by Crippen LogP contribution is 2.26. The fraction of sp³-hybridized carbons (Fsp3) is 0.611. The third kappa shape index (κ3) is 5.05. The number of nitrogens with one attached hydrogen (secondary N) is 2. The Morgan fingerprint density at radius 3 is 2.91 bits per heavy atom. The van der Waals surface area contributed by atoms with Crippen LogP contribution >= 0.6 is 0 Å². The smallest absolute Gasteiger partial charge is 0.191 e. The van der Waals surface area contributed by atoms with Crippen molar-refractivity contribution in [1.29, 1.82) is 0 Å². The number of nitrogens with zero attached hydrogens (tertiary/aromatic N) is 1. The molecule has 1 fully saturated rings. The highest BCUT2D eigenvalue weighted by Gasteiger charge is 2.21. The second-order valence-electron chi connectivity index (χ2n) is 6.20. The zero-order chi connectivity index (χ0) is 16.7. The second-order valence-corrected chi connectivity index (χ2v) is 6.20. The van der Waals surface area contributed by atoms with E-state index in [1.165, 1.54) is 32.1 Å². The van der Waals surface area contributed by atoms with E-state index in [1.807, 2.05) is 6.07 Å². The average Bonchev–Trinajstić information content (AvgIpc) is 2.59. The molecule has 128 valence electrons. The first kappa shape index (κ1) is 17.4. The van der Waals surface area contributed by atoms with E-state index >= 15 is 0 Å². The van der Waals surface area contributed by atoms with Crippen LogP contribution in [0.15, 0.2) is 23.2 Å². The van der Waals surface area contributed by atoms with Gasteiger partial charge in [0, 0.05) is 25.2 Å². The molecule has 0 spiro atoms. The highest BCUT2D eigenvalue weighted by atomic mass is 16.5. The van der Waals surface area contributed by atoms with E-state index in [9.17, 15) is 5.11 Å². The summed E-state index contributed by atoms with van der Waals surface area (Å²) in [7, 11) is 3.40. The number of hydrogen-bond donors (Lipinski definition) is 3. The number of phenols is 1. The van der Waals surface area contributed by atoms with Crippen molar-refractivity contribution >= 4 is 5.96 Å². The average molecular weight is 319 g/mol. The molecular weight excluding hydrogens is 290 g/mol. The van der Waals surface area contributed by atoms with Gasteiger partial charge in [0.2, 0.25) is 0 Å². The Hall–Kier alpha value is -1.91. The van der Waals surface area contributed by atoms with E-state index in [-0.39, 0.29) is 5.75 Å². The monoisotopic (exact) mass is 319 g/mol. The van der Waals surface area contributed by atoms with Crippen molar-refractivity contribution in [2.24, 2.45) is 10.9 Å². The molecule has 5 heteroatoms. The van der Waals surface area contributed by atoms with Crippen molar-refractivity contribution in [3.63, 3.8) is 0 Å². The van der Waals surface area contributed by atoms with Gasteiger partial charge in [0.05, 0.1) is 7.11 Å². The van der Waals surface area contributed by atoms with E-state index in [2.05, 4.69) is 22.5 Å². The molecule has 1 aliphatic rings. The maximum absolute atomic E-state index is 9.95. The quantitative estimate of drug-likeness (QED) is 0.576. The SMILES string of the molecule is CCC1CCCC(NC(=NC)NCc2cc(OC)ccc2O)C1. The Labute approximate surface area is 139 Å². The molecule has 1 aromatic carbocycles. The molecule has 0 bridgehead atoms. The van der Waals surface area contributed by atoms with Gasteiger partial charge in [0.1, 0.15) is 11.5 Å². The minimum Gasteiger partial charge on any atom is -0.508 e. The molecule has 1 aromatic rings. The summed E-state index contributed by atoms with van der Waals surface area (Å²) < 4.78 is 5.20. The van der Waals surface area contributed by atoms with Gasteiger partial charge in [-0.2, -0.15) is 0 Å². The molecule has 2 rings (SSSR count). The van der Waals surface area contributed by atoms with E-state index in [0.717, 1.165) is 23.2 Å². The first-order chi connectivity index (χ1) is 11.2. The van der Waals surface area contributed by atoms with Gasteiger partial charge in [-0.25, -0.2) is 0 Å². The predicted octanol–water partition coefficient (Wildman–Crippen LogP) is 3.03. The zero-order valence-electron chi connectivity index (χ0n) is 14.4. The summed E-state index contributed by atoms with van der Waals surface area (Å²) in [6.45, 7) is 2.78. The Balaban J connectivity index is 1.90. The third-order valence-corrected chi connectivity index (χ3v) is 4.66. The number of aliphatic imine (C=N–C) groups is 1. The van der Waals surface area contributed by atoms with Crippen molar-refractivity contribution in [2.45, 2.75) is 51.6 Å². The van der Waals surface area contributed by atoms with Crippen LogP contribution < -0.4 is 15.4 Å². The molecule has 0 saturated heterocycles. The largest absolute Gasteiger partial charge is 0.508 e. The van der Waals surface area contributed by atoms with Crippen molar-refractivity contribution < 1.29 is 9.84 Å². The second kappa shape index (κ2) is 8.65. The van der Waals surface area contributed by atoms with Crippen molar-refractivity contribution in [3.05, 3.63) is 23.8 Å². The van der Waals surface area contributed by atoms with Gasteiger partial charge in [0.25, 0.3) is 0 Å². The summed E-state index contributed by atoms with van der Waals surface area (Å²) in [5, 5.41) is 16.7. The lowest BCUT2D eigenvalue weighted by atomic mass is 9.84. The fourth-order valence-electron chi connectivity index (χ4n) is 3.19. The maximum Gasteiger partial charge on any atom is 0.191 e. The van der Waals surface area contributed by atoms with Crippen LogP contribution in [0.4, 0.5) is 0 Å². The summed E-state index contributed by atoms with van der Waals surface area (Å²) in [6, 6.07) is 5.72. The molecule has 1 saturated carbocycles. The number of methoxy groups -OCH3 is 1. The normalized spacial score (nSPS) is 21.8. The van der Waals surface area contributed by atoms with E-state index in [0.29, 0.717) is 12.6 Å². The van der Waals surface area contributed by atoms with Crippen LogP contribution in [0.2, 0.25) is 0 Å². The first-order valence-corrected chi connectivity index (χ1v) is 8.49. The lowest BCUT2D eigenvalue weighted by molar-refractivity contribution is 0.298. The molecule has 0 aliphatic heterocycles. The molecule has 0 heterocycles. The molecule has 0 aromatic heterocycles. The standard InChI is InChI=1S/C18H29N3O2/c1-4-13-6-5-7-15(10-13)21-18(19-2)20-12-14-11-16(23-3)8-9-17(14)22/h8-9,11,13,15,22H,4-7,10,12H2,1-3H3,(H2,19,20,21). The molecule has 1 aliphatic carbocycles. The van der Waals surface area contributed by atoms with Gasteiger partial charge < -0.3 is 20.5 Å². The molecule has 5 nitrogen and oxygen atoms in total. The van der Waals surface area contributed by atoms with Crippen LogP contribution in [0.5, 0.6) is 11.5 Å². The minimum absolute atomic E-state index is 0.262. The van der Waals surface area contributed by atoms with Gasteiger partial charge in [0.15, 0.2) is 5.96 Å². The lowest BCUT2D eigenvalue weighted by Crippen LogP contribution is -2.45. The highest BCUT2D eigenvalue weighted by molar-refractivity contribution is 5.80. The maximum atomic E-state index is 9.95. The molecule has 2 atom stereocenters. The molecule has 2 unspecified atom stereocenters. The van der Waals surface area contributed by atoms with Crippen LogP contribution in [-0.2, 0) is 6.54 Å². The summed E-state index contributed by atoms with van der Waals surface area (Å²) in [4.78, 5) is 4.30. The minimum atomic E-state index is 0.262. The summed E-state index contributed by atoms with van der Waals surface area (Å²) in [5.74, 6) is 2.61. The van der Waals surface area contributed by atoms with Crippen molar-refractivity contribution in [3.8, 4) is 11.5 Å². The van der Waals surface area contributed by atoms with Crippen LogP contribution in [0.1, 0.15) is 44.6 Å². The molecular formula is C18H29N3O2. The van der Waals surface area contributed by atoms with Gasteiger partial charge >= 0.3 is 0 Å². The predicted molar refractivity (Wildman–Crippen MR) is 94.0 cm³/mol.